The second-order valence-electron chi connectivity index (χ2n) is 6.23. The molecule has 0 aromatic rings. The summed E-state index contributed by atoms with van der Waals surface area (Å²) < 4.78 is 0. The first-order valence-electron chi connectivity index (χ1n) is 6.70. The van der Waals surface area contributed by atoms with Gasteiger partial charge in [0.15, 0.2) is 0 Å². The van der Waals surface area contributed by atoms with Crippen LogP contribution in [0.1, 0.15) is 59.3 Å². The first kappa shape index (κ1) is 13.6. The maximum absolute atomic E-state index is 5.24. The quantitative estimate of drug-likeness (QED) is 0.552. The zero-order valence-electron chi connectivity index (χ0n) is 11.2. The van der Waals surface area contributed by atoms with Crippen molar-refractivity contribution in [1.82, 2.24) is 5.32 Å². The van der Waals surface area contributed by atoms with Crippen molar-refractivity contribution in [3.63, 3.8) is 0 Å². The van der Waals surface area contributed by atoms with Crippen molar-refractivity contribution in [2.45, 2.75) is 65.3 Å². The Hall–Kier alpha value is -0.480. The smallest absolute Gasteiger partial charge is 0.00865 e. The Morgan fingerprint density at radius 2 is 2.06 bits per heavy atom. The van der Waals surface area contributed by atoms with E-state index in [2.05, 4.69) is 32.0 Å². The van der Waals surface area contributed by atoms with Crippen LogP contribution in [0.15, 0.2) is 0 Å². The van der Waals surface area contributed by atoms with Gasteiger partial charge in [-0.3, -0.25) is 0 Å². The second-order valence-corrected chi connectivity index (χ2v) is 6.23. The normalized spacial score (nSPS) is 28.6. The van der Waals surface area contributed by atoms with Crippen LogP contribution in [0.4, 0.5) is 0 Å². The van der Waals surface area contributed by atoms with Gasteiger partial charge in [0.2, 0.25) is 0 Å². The van der Waals surface area contributed by atoms with Gasteiger partial charge in [0.25, 0.3) is 0 Å². The van der Waals surface area contributed by atoms with Crippen LogP contribution in [-0.2, 0) is 0 Å². The SMILES string of the molecule is C#CCCCCNC1CC(C)CC(C)(C)C1. The summed E-state index contributed by atoms with van der Waals surface area (Å²) >= 11 is 0. The Morgan fingerprint density at radius 1 is 1.31 bits per heavy atom. The average Bonchev–Trinajstić information content (AvgIpc) is 2.14. The third-order valence-electron chi connectivity index (χ3n) is 3.57. The van der Waals surface area contributed by atoms with Crippen molar-refractivity contribution in [3.05, 3.63) is 0 Å². The average molecular weight is 221 g/mol. The highest BCUT2D eigenvalue weighted by Gasteiger charge is 2.31. The molecule has 0 saturated heterocycles. The van der Waals surface area contributed by atoms with Gasteiger partial charge in [-0.1, -0.05) is 20.8 Å². The molecule has 0 aliphatic heterocycles. The van der Waals surface area contributed by atoms with Gasteiger partial charge in [0.05, 0.1) is 0 Å². The molecule has 1 rings (SSSR count). The largest absolute Gasteiger partial charge is 0.314 e. The van der Waals surface area contributed by atoms with E-state index >= 15 is 0 Å². The third kappa shape index (κ3) is 5.03. The van der Waals surface area contributed by atoms with E-state index in [-0.39, 0.29) is 0 Å². The number of hydrogen-bond donors (Lipinski definition) is 1. The van der Waals surface area contributed by atoms with Crippen LogP contribution < -0.4 is 5.32 Å². The molecule has 0 heterocycles. The van der Waals surface area contributed by atoms with Crippen molar-refractivity contribution in [1.29, 1.82) is 0 Å². The fourth-order valence-corrected chi connectivity index (χ4v) is 3.16. The summed E-state index contributed by atoms with van der Waals surface area (Å²) in [5.74, 6) is 3.57. The van der Waals surface area contributed by atoms with E-state index in [9.17, 15) is 0 Å². The number of nitrogens with one attached hydrogen (secondary N) is 1. The molecule has 1 aliphatic carbocycles. The molecule has 2 unspecified atom stereocenters. The maximum Gasteiger partial charge on any atom is 0.00865 e. The topological polar surface area (TPSA) is 12.0 Å². The van der Waals surface area contributed by atoms with Gasteiger partial charge in [-0.25, -0.2) is 0 Å². The van der Waals surface area contributed by atoms with Crippen molar-refractivity contribution >= 4 is 0 Å². The highest BCUT2D eigenvalue weighted by atomic mass is 14.9. The minimum absolute atomic E-state index is 0.522. The molecule has 92 valence electrons. The van der Waals surface area contributed by atoms with Crippen molar-refractivity contribution in [3.8, 4) is 12.3 Å². The predicted molar refractivity (Wildman–Crippen MR) is 71.3 cm³/mol. The maximum atomic E-state index is 5.24. The Kier molecular flexibility index (Phi) is 5.35. The van der Waals surface area contributed by atoms with E-state index < -0.39 is 0 Å². The Bertz CT molecular complexity index is 236. The molecular weight excluding hydrogens is 194 g/mol. The standard InChI is InChI=1S/C15H27N/c1-5-6-7-8-9-16-14-10-13(2)11-15(3,4)12-14/h1,13-14,16H,6-12H2,2-4H3. The van der Waals surface area contributed by atoms with E-state index in [1.807, 2.05) is 0 Å². The minimum Gasteiger partial charge on any atom is -0.314 e. The summed E-state index contributed by atoms with van der Waals surface area (Å²) in [7, 11) is 0. The zero-order valence-corrected chi connectivity index (χ0v) is 11.2. The fourth-order valence-electron chi connectivity index (χ4n) is 3.16. The summed E-state index contributed by atoms with van der Waals surface area (Å²) in [6, 6.07) is 0.726. The number of rotatable bonds is 5. The third-order valence-corrected chi connectivity index (χ3v) is 3.57. The van der Waals surface area contributed by atoms with Gasteiger partial charge in [-0.05, 0) is 50.0 Å². The van der Waals surface area contributed by atoms with E-state index in [0.29, 0.717) is 5.41 Å². The molecule has 0 bridgehead atoms. The molecule has 1 fully saturated rings. The summed E-state index contributed by atoms with van der Waals surface area (Å²) in [5, 5.41) is 3.70. The van der Waals surface area contributed by atoms with Gasteiger partial charge >= 0.3 is 0 Å². The molecule has 1 aliphatic rings. The van der Waals surface area contributed by atoms with Gasteiger partial charge in [-0.15, -0.1) is 12.3 Å². The molecule has 0 aromatic carbocycles. The van der Waals surface area contributed by atoms with Gasteiger partial charge in [0, 0.05) is 12.5 Å². The van der Waals surface area contributed by atoms with Crippen molar-refractivity contribution in [2.24, 2.45) is 11.3 Å². The first-order valence-corrected chi connectivity index (χ1v) is 6.70. The van der Waals surface area contributed by atoms with Crippen LogP contribution in [0.2, 0.25) is 0 Å². The van der Waals surface area contributed by atoms with Gasteiger partial charge in [-0.2, -0.15) is 0 Å². The summed E-state index contributed by atoms with van der Waals surface area (Å²) in [6.07, 6.45) is 12.6. The Balaban J connectivity index is 2.19. The molecule has 2 atom stereocenters. The molecular formula is C15H27N. The lowest BCUT2D eigenvalue weighted by Gasteiger charge is -2.39. The van der Waals surface area contributed by atoms with E-state index in [4.69, 9.17) is 6.42 Å². The molecule has 1 nitrogen and oxygen atoms in total. The van der Waals surface area contributed by atoms with Crippen LogP contribution in [0.3, 0.4) is 0 Å². The minimum atomic E-state index is 0.522. The Morgan fingerprint density at radius 3 is 2.69 bits per heavy atom. The van der Waals surface area contributed by atoms with Crippen LogP contribution in [-0.4, -0.2) is 12.6 Å². The van der Waals surface area contributed by atoms with Crippen LogP contribution in [0, 0.1) is 23.7 Å². The van der Waals surface area contributed by atoms with Crippen LogP contribution >= 0.6 is 0 Å². The lowest BCUT2D eigenvalue weighted by molar-refractivity contribution is 0.151. The molecule has 1 heteroatoms. The fraction of sp³-hybridized carbons (Fsp3) is 0.867. The zero-order chi connectivity index (χ0) is 12.0. The lowest BCUT2D eigenvalue weighted by atomic mass is 9.70. The summed E-state index contributed by atoms with van der Waals surface area (Å²) in [6.45, 7) is 8.31. The summed E-state index contributed by atoms with van der Waals surface area (Å²) in [5.41, 5.74) is 0.522. The van der Waals surface area contributed by atoms with Gasteiger partial charge < -0.3 is 5.32 Å². The number of hydrogen-bond acceptors (Lipinski definition) is 1. The van der Waals surface area contributed by atoms with Crippen molar-refractivity contribution < 1.29 is 0 Å². The van der Waals surface area contributed by atoms with E-state index in [1.54, 1.807) is 0 Å². The molecule has 0 amide bonds. The molecule has 16 heavy (non-hydrogen) atoms. The highest BCUT2D eigenvalue weighted by Crippen LogP contribution is 2.38. The van der Waals surface area contributed by atoms with Crippen molar-refractivity contribution in [2.75, 3.05) is 6.54 Å². The first-order chi connectivity index (χ1) is 7.53. The molecule has 0 aromatic heterocycles. The molecule has 0 radical (unpaired) electrons. The van der Waals surface area contributed by atoms with Gasteiger partial charge in [0.1, 0.15) is 0 Å². The number of terminal acetylenes is 1. The van der Waals surface area contributed by atoms with Crippen LogP contribution in [0.5, 0.6) is 0 Å². The molecule has 1 N–H and O–H groups in total. The second kappa shape index (κ2) is 6.30. The monoisotopic (exact) mass is 221 g/mol. The summed E-state index contributed by atoms with van der Waals surface area (Å²) in [4.78, 5) is 0. The number of unbranched alkanes of at least 4 members (excludes halogenated alkanes) is 2. The molecule has 1 saturated carbocycles. The highest BCUT2D eigenvalue weighted by molar-refractivity contribution is 4.87. The Labute approximate surface area is 101 Å². The molecule has 0 spiro atoms. The predicted octanol–water partition coefficient (Wildman–Crippen LogP) is 3.59. The lowest BCUT2D eigenvalue weighted by Crippen LogP contribution is -2.40. The van der Waals surface area contributed by atoms with E-state index in [0.717, 1.165) is 31.3 Å². The van der Waals surface area contributed by atoms with Crippen LogP contribution in [0.25, 0.3) is 0 Å². The van der Waals surface area contributed by atoms with E-state index in [1.165, 1.54) is 25.7 Å².